The monoisotopic (exact) mass is 589 g/mol. The molecular weight excluding hydrogens is 548 g/mol. The topological polar surface area (TPSA) is 134 Å². The van der Waals surface area contributed by atoms with Gasteiger partial charge in [-0.3, -0.25) is 14.4 Å². The molecule has 2 aromatic carbocycles. The lowest BCUT2D eigenvalue weighted by Crippen LogP contribution is -2.47. The highest BCUT2D eigenvalue weighted by Crippen LogP contribution is 2.45. The second kappa shape index (κ2) is 15.4. The minimum absolute atomic E-state index is 0.176. The number of aromatic nitrogens is 1. The number of unbranched alkanes of at least 4 members (excludes halogenated alkanes) is 3. The first kappa shape index (κ1) is 31.1. The number of aryl methyl sites for hydroxylation is 1. The number of hydrogen-bond acceptors (Lipinski definition) is 6. The van der Waals surface area contributed by atoms with Gasteiger partial charge in [0, 0.05) is 36.9 Å². The van der Waals surface area contributed by atoms with E-state index in [0.717, 1.165) is 32.2 Å². The Morgan fingerprint density at radius 1 is 0.976 bits per heavy atom. The van der Waals surface area contributed by atoms with Crippen molar-refractivity contribution < 1.29 is 19.0 Å². The average molecular weight is 590 g/mol. The van der Waals surface area contributed by atoms with Crippen LogP contribution in [0.15, 0.2) is 70.7 Å². The van der Waals surface area contributed by atoms with Gasteiger partial charge in [-0.25, -0.2) is 0 Å². The number of primary amides is 1. The normalized spacial score (nSPS) is 14.1. The van der Waals surface area contributed by atoms with Gasteiger partial charge in [-0.15, -0.1) is 0 Å². The Kier molecular flexibility index (Phi) is 11.4. The van der Waals surface area contributed by atoms with Crippen LogP contribution in [0.4, 0.5) is 5.69 Å². The number of nitrogens with one attached hydrogen (secondary N) is 2. The lowest BCUT2D eigenvalue weighted by molar-refractivity contribution is -0.671. The smallest absolute Gasteiger partial charge is 0.240 e. The van der Waals surface area contributed by atoms with Crippen molar-refractivity contribution in [2.75, 3.05) is 25.0 Å². The molecule has 4 rings (SSSR count). The summed E-state index contributed by atoms with van der Waals surface area (Å²) in [7, 11) is 2.11. The van der Waals surface area contributed by atoms with Crippen LogP contribution in [0.1, 0.15) is 50.5 Å². The van der Waals surface area contributed by atoms with Crippen LogP contribution in [0.2, 0.25) is 0 Å². The fourth-order valence-electron chi connectivity index (χ4n) is 5.04. The molecule has 1 atom stereocenters. The third kappa shape index (κ3) is 8.33. The standard InChI is InChI=1S/C32H40N6O3S/c1-37-27-14-6-7-15-28(27)42-31(37)21-23-17-20-38(26-13-5-4-11-24(23)26)19-10-2-3-16-29(39)35-22-30(40)36-25(32(34)41)12-8-9-18-33/h4-7,11,13-15,17,20-21,25H,2-3,8-10,12,16,18-19,22,33H2,1H3,(H3-,34,35,36,39,40,41)/p+1/t25-/m0/s1. The van der Waals surface area contributed by atoms with E-state index in [9.17, 15) is 14.4 Å². The molecule has 1 aliphatic heterocycles. The number of amides is 3. The van der Waals surface area contributed by atoms with Gasteiger partial charge < -0.3 is 27.0 Å². The van der Waals surface area contributed by atoms with Gasteiger partial charge in [0.25, 0.3) is 0 Å². The summed E-state index contributed by atoms with van der Waals surface area (Å²) < 4.78 is 2.27. The maximum Gasteiger partial charge on any atom is 0.240 e. The number of anilines is 1. The van der Waals surface area contributed by atoms with Crippen molar-refractivity contribution in [2.45, 2.75) is 62.4 Å². The third-order valence-corrected chi connectivity index (χ3v) is 8.55. The number of fused-ring (bicyclic) bond motifs is 2. The number of carbonyl (C=O) groups excluding carboxylic acids is 3. The molecule has 2 heterocycles. The van der Waals surface area contributed by atoms with Gasteiger partial charge in [-0.1, -0.05) is 36.0 Å². The van der Waals surface area contributed by atoms with Gasteiger partial charge in [0.15, 0.2) is 6.20 Å². The van der Waals surface area contributed by atoms with Crippen molar-refractivity contribution in [3.63, 3.8) is 0 Å². The molecule has 0 unspecified atom stereocenters. The fourth-order valence-corrected chi connectivity index (χ4v) is 6.15. The Labute approximate surface area is 251 Å². The van der Waals surface area contributed by atoms with Crippen LogP contribution < -0.4 is 31.6 Å². The second-order valence-corrected chi connectivity index (χ2v) is 11.5. The molecule has 3 aromatic rings. The van der Waals surface area contributed by atoms with Gasteiger partial charge in [0.05, 0.1) is 22.6 Å². The SMILES string of the molecule is CN1C(=Cc2cc[n+](CCCCCC(=O)NCC(=O)N[C@@H](CCCCN)C(N)=O)c3ccccc23)Sc2ccccc21. The molecule has 0 aliphatic carbocycles. The van der Waals surface area contributed by atoms with E-state index >= 15 is 0 Å². The van der Waals surface area contributed by atoms with Crippen molar-refractivity contribution >= 4 is 52.1 Å². The molecular formula is C32H41N6O3S+. The van der Waals surface area contributed by atoms with Crippen molar-refractivity contribution in [2.24, 2.45) is 11.5 Å². The van der Waals surface area contributed by atoms with Gasteiger partial charge in [0.1, 0.15) is 12.6 Å². The number of hydrogen-bond donors (Lipinski definition) is 4. The number of rotatable bonds is 15. The van der Waals surface area contributed by atoms with Crippen LogP contribution in [0.3, 0.4) is 0 Å². The average Bonchev–Trinajstić information content (AvgIpc) is 3.31. The van der Waals surface area contributed by atoms with E-state index in [1.807, 2.05) is 0 Å². The highest BCUT2D eigenvalue weighted by molar-refractivity contribution is 8.03. The predicted octanol–water partition coefficient (Wildman–Crippen LogP) is 3.44. The zero-order valence-corrected chi connectivity index (χ0v) is 25.0. The zero-order valence-electron chi connectivity index (χ0n) is 24.2. The first-order chi connectivity index (χ1) is 20.4. The largest absolute Gasteiger partial charge is 0.368 e. The van der Waals surface area contributed by atoms with Crippen molar-refractivity contribution in [3.8, 4) is 0 Å². The second-order valence-electron chi connectivity index (χ2n) is 10.5. The van der Waals surface area contributed by atoms with Crippen molar-refractivity contribution in [3.05, 3.63) is 71.4 Å². The van der Waals surface area contributed by atoms with E-state index in [1.165, 1.54) is 32.1 Å². The molecule has 222 valence electrons. The minimum Gasteiger partial charge on any atom is -0.368 e. The molecule has 0 radical (unpaired) electrons. The molecule has 9 nitrogen and oxygen atoms in total. The maximum atomic E-state index is 12.2. The van der Waals surface area contributed by atoms with E-state index in [0.29, 0.717) is 25.8 Å². The third-order valence-electron chi connectivity index (χ3n) is 7.38. The molecule has 0 fully saturated rings. The number of para-hydroxylation sites is 2. The van der Waals surface area contributed by atoms with Gasteiger partial charge in [-0.05, 0) is 68.5 Å². The Morgan fingerprint density at radius 3 is 2.55 bits per heavy atom. The lowest BCUT2D eigenvalue weighted by Gasteiger charge is -2.15. The van der Waals surface area contributed by atoms with E-state index in [4.69, 9.17) is 11.5 Å². The molecule has 0 spiro atoms. The summed E-state index contributed by atoms with van der Waals surface area (Å²) in [6.07, 6.45) is 9.16. The first-order valence-electron chi connectivity index (χ1n) is 14.6. The number of benzene rings is 2. The van der Waals surface area contributed by atoms with Crippen molar-refractivity contribution in [1.29, 1.82) is 0 Å². The van der Waals surface area contributed by atoms with Gasteiger partial charge >= 0.3 is 0 Å². The Balaban J connectivity index is 1.23. The first-order valence-corrected chi connectivity index (χ1v) is 15.4. The molecule has 10 heteroatoms. The van der Waals surface area contributed by atoms with Crippen LogP contribution in [0.5, 0.6) is 0 Å². The Bertz CT molecular complexity index is 1440. The van der Waals surface area contributed by atoms with Crippen molar-refractivity contribution in [1.82, 2.24) is 10.6 Å². The highest BCUT2D eigenvalue weighted by atomic mass is 32.2. The molecule has 1 aromatic heterocycles. The quantitative estimate of drug-likeness (QED) is 0.159. The van der Waals surface area contributed by atoms with E-state index in [2.05, 4.69) is 94.0 Å². The number of pyridine rings is 1. The number of nitrogens with two attached hydrogens (primary N) is 2. The van der Waals surface area contributed by atoms with Crippen LogP contribution in [-0.2, 0) is 20.9 Å². The summed E-state index contributed by atoms with van der Waals surface area (Å²) in [5.41, 5.74) is 14.4. The number of carbonyl (C=O) groups is 3. The minimum atomic E-state index is -0.750. The van der Waals surface area contributed by atoms with Crippen LogP contribution in [0.25, 0.3) is 17.0 Å². The predicted molar refractivity (Wildman–Crippen MR) is 168 cm³/mol. The van der Waals surface area contributed by atoms with Crippen LogP contribution in [0, 0.1) is 0 Å². The summed E-state index contributed by atoms with van der Waals surface area (Å²) in [5.74, 6) is -1.20. The lowest BCUT2D eigenvalue weighted by atomic mass is 10.1. The number of thioether (sulfide) groups is 1. The summed E-state index contributed by atoms with van der Waals surface area (Å²) in [6.45, 7) is 1.19. The summed E-state index contributed by atoms with van der Waals surface area (Å²) >= 11 is 1.79. The van der Waals surface area contributed by atoms with Crippen LogP contribution >= 0.6 is 11.8 Å². The molecule has 3 amide bonds. The summed E-state index contributed by atoms with van der Waals surface area (Å²) in [5, 5.41) is 7.62. The van der Waals surface area contributed by atoms with E-state index < -0.39 is 17.9 Å². The molecule has 6 N–H and O–H groups in total. The highest BCUT2D eigenvalue weighted by Gasteiger charge is 2.22. The Hall–Kier alpha value is -3.89. The zero-order chi connectivity index (χ0) is 29.9. The molecule has 1 aliphatic rings. The summed E-state index contributed by atoms with van der Waals surface area (Å²) in [6, 6.07) is 18.3. The maximum absolute atomic E-state index is 12.2. The molecule has 42 heavy (non-hydrogen) atoms. The molecule has 0 bridgehead atoms. The molecule has 0 saturated heterocycles. The van der Waals surface area contributed by atoms with Gasteiger partial charge in [-0.2, -0.15) is 4.57 Å². The van der Waals surface area contributed by atoms with E-state index in [-0.39, 0.29) is 12.5 Å². The fraction of sp³-hybridized carbons (Fsp3) is 0.375. The van der Waals surface area contributed by atoms with Crippen LogP contribution in [-0.4, -0.2) is 43.9 Å². The van der Waals surface area contributed by atoms with E-state index in [1.54, 1.807) is 11.8 Å². The summed E-state index contributed by atoms with van der Waals surface area (Å²) in [4.78, 5) is 39.5. The Morgan fingerprint density at radius 2 is 1.76 bits per heavy atom. The number of nitrogens with zero attached hydrogens (tertiary/aromatic N) is 2. The molecule has 0 saturated carbocycles. The van der Waals surface area contributed by atoms with Gasteiger partial charge in [0.2, 0.25) is 23.2 Å².